The second-order valence-corrected chi connectivity index (χ2v) is 6.05. The molecule has 0 spiro atoms. The van der Waals surface area contributed by atoms with Gasteiger partial charge in [-0.25, -0.2) is 4.68 Å². The van der Waals surface area contributed by atoms with Gasteiger partial charge in [0.2, 0.25) is 5.91 Å². The summed E-state index contributed by atoms with van der Waals surface area (Å²) in [4.78, 5) is 12.0. The van der Waals surface area contributed by atoms with E-state index in [0.29, 0.717) is 0 Å². The molecule has 1 amide bonds. The van der Waals surface area contributed by atoms with E-state index in [9.17, 15) is 4.79 Å². The summed E-state index contributed by atoms with van der Waals surface area (Å²) in [5, 5.41) is 7.23. The zero-order chi connectivity index (χ0) is 16.1. The van der Waals surface area contributed by atoms with Gasteiger partial charge in [-0.1, -0.05) is 25.0 Å². The standard InChI is InChI=1S/C18H23N3O2/c1-14(20-18(22)13-23-17-8-2-3-9-17)15-6-4-7-16(12-15)21-11-5-10-19-21/h4-7,10-12,14,17H,2-3,8-9,13H2,1H3,(H,20,22). The number of nitrogens with one attached hydrogen (secondary N) is 1. The molecule has 23 heavy (non-hydrogen) atoms. The Kier molecular flexibility index (Phi) is 5.08. The highest BCUT2D eigenvalue weighted by atomic mass is 16.5. The number of aromatic nitrogens is 2. The number of carbonyl (C=O) groups is 1. The van der Waals surface area contributed by atoms with Gasteiger partial charge >= 0.3 is 0 Å². The summed E-state index contributed by atoms with van der Waals surface area (Å²) >= 11 is 0. The zero-order valence-electron chi connectivity index (χ0n) is 13.4. The van der Waals surface area contributed by atoms with Crippen LogP contribution in [0.1, 0.15) is 44.2 Å². The van der Waals surface area contributed by atoms with Gasteiger partial charge in [0.05, 0.1) is 17.8 Å². The van der Waals surface area contributed by atoms with Crippen molar-refractivity contribution < 1.29 is 9.53 Å². The molecule has 1 aromatic carbocycles. The van der Waals surface area contributed by atoms with E-state index >= 15 is 0 Å². The molecule has 1 fully saturated rings. The number of rotatable bonds is 6. The van der Waals surface area contributed by atoms with Crippen LogP contribution in [0.25, 0.3) is 5.69 Å². The first-order chi connectivity index (χ1) is 11.2. The molecule has 1 aliphatic rings. The molecular formula is C18H23N3O2. The molecule has 1 aromatic heterocycles. The van der Waals surface area contributed by atoms with Gasteiger partial charge in [0.25, 0.3) is 0 Å². The van der Waals surface area contributed by atoms with Crippen molar-refractivity contribution in [2.24, 2.45) is 0 Å². The Morgan fingerprint density at radius 2 is 2.22 bits per heavy atom. The van der Waals surface area contributed by atoms with Crippen LogP contribution in [0.3, 0.4) is 0 Å². The second-order valence-electron chi connectivity index (χ2n) is 6.05. The molecule has 0 aliphatic heterocycles. The SMILES string of the molecule is CC(NC(=O)COC1CCCC1)c1cccc(-n2cccn2)c1. The minimum Gasteiger partial charge on any atom is -0.368 e. The van der Waals surface area contributed by atoms with Crippen LogP contribution in [0.2, 0.25) is 0 Å². The fourth-order valence-corrected chi connectivity index (χ4v) is 2.97. The van der Waals surface area contributed by atoms with Crippen molar-refractivity contribution >= 4 is 5.91 Å². The maximum absolute atomic E-state index is 12.0. The summed E-state index contributed by atoms with van der Waals surface area (Å²) < 4.78 is 7.46. The normalized spacial score (nSPS) is 16.4. The van der Waals surface area contributed by atoms with Crippen LogP contribution in [-0.4, -0.2) is 28.4 Å². The van der Waals surface area contributed by atoms with E-state index < -0.39 is 0 Å². The Morgan fingerprint density at radius 3 is 2.96 bits per heavy atom. The molecule has 1 saturated carbocycles. The second kappa shape index (κ2) is 7.42. The number of benzene rings is 1. The Morgan fingerprint density at radius 1 is 1.39 bits per heavy atom. The van der Waals surface area contributed by atoms with E-state index in [4.69, 9.17) is 4.74 Å². The summed E-state index contributed by atoms with van der Waals surface area (Å²) in [6.45, 7) is 2.13. The van der Waals surface area contributed by atoms with Gasteiger partial charge in [0.1, 0.15) is 6.61 Å². The van der Waals surface area contributed by atoms with Gasteiger partial charge in [-0.05, 0) is 43.5 Å². The largest absolute Gasteiger partial charge is 0.368 e. The van der Waals surface area contributed by atoms with E-state index in [1.54, 1.807) is 10.9 Å². The average molecular weight is 313 g/mol. The third-order valence-electron chi connectivity index (χ3n) is 4.27. The fraction of sp³-hybridized carbons (Fsp3) is 0.444. The highest BCUT2D eigenvalue weighted by molar-refractivity contribution is 5.77. The van der Waals surface area contributed by atoms with Crippen LogP contribution in [0.5, 0.6) is 0 Å². The summed E-state index contributed by atoms with van der Waals surface area (Å²) in [6.07, 6.45) is 8.49. The topological polar surface area (TPSA) is 56.1 Å². The van der Waals surface area contributed by atoms with Gasteiger partial charge in [-0.2, -0.15) is 5.10 Å². The Balaban J connectivity index is 1.56. The summed E-state index contributed by atoms with van der Waals surface area (Å²) in [7, 11) is 0. The van der Waals surface area contributed by atoms with E-state index in [2.05, 4.69) is 10.4 Å². The summed E-state index contributed by atoms with van der Waals surface area (Å²) in [6, 6.07) is 9.84. The lowest BCUT2D eigenvalue weighted by Gasteiger charge is -2.17. The van der Waals surface area contributed by atoms with E-state index in [1.165, 1.54) is 12.8 Å². The first-order valence-corrected chi connectivity index (χ1v) is 8.23. The maximum atomic E-state index is 12.0. The van der Waals surface area contributed by atoms with Crippen LogP contribution < -0.4 is 5.32 Å². The number of ether oxygens (including phenoxy) is 1. The summed E-state index contributed by atoms with van der Waals surface area (Å²) in [5.74, 6) is -0.0612. The lowest BCUT2D eigenvalue weighted by molar-refractivity contribution is -0.128. The third-order valence-corrected chi connectivity index (χ3v) is 4.27. The molecule has 1 N–H and O–H groups in total. The van der Waals surface area contributed by atoms with Crippen LogP contribution in [0, 0.1) is 0 Å². The molecule has 5 heteroatoms. The van der Waals surface area contributed by atoms with Crippen molar-refractivity contribution in [2.45, 2.75) is 44.8 Å². The van der Waals surface area contributed by atoms with Gasteiger partial charge in [-0.3, -0.25) is 4.79 Å². The van der Waals surface area contributed by atoms with Gasteiger partial charge in [-0.15, -0.1) is 0 Å². The predicted octanol–water partition coefficient (Wildman–Crippen LogP) is 3.01. The summed E-state index contributed by atoms with van der Waals surface area (Å²) in [5.41, 5.74) is 2.03. The molecule has 1 unspecified atom stereocenters. The molecule has 2 aromatic rings. The molecule has 1 atom stereocenters. The number of hydrogen-bond acceptors (Lipinski definition) is 3. The molecule has 1 aliphatic carbocycles. The quantitative estimate of drug-likeness (QED) is 0.892. The fourth-order valence-electron chi connectivity index (χ4n) is 2.97. The first-order valence-electron chi connectivity index (χ1n) is 8.23. The Hall–Kier alpha value is -2.14. The maximum Gasteiger partial charge on any atom is 0.246 e. The number of carbonyl (C=O) groups excluding carboxylic acids is 1. The molecular weight excluding hydrogens is 290 g/mol. The molecule has 0 radical (unpaired) electrons. The van der Waals surface area contributed by atoms with Crippen LogP contribution in [0.4, 0.5) is 0 Å². The van der Waals surface area contributed by atoms with Gasteiger partial charge in [0, 0.05) is 12.4 Å². The molecule has 1 heterocycles. The van der Waals surface area contributed by atoms with Crippen molar-refractivity contribution in [3.8, 4) is 5.69 Å². The van der Waals surface area contributed by atoms with E-state index in [-0.39, 0.29) is 24.7 Å². The van der Waals surface area contributed by atoms with Crippen molar-refractivity contribution in [3.63, 3.8) is 0 Å². The number of amides is 1. The zero-order valence-corrected chi connectivity index (χ0v) is 13.4. The van der Waals surface area contributed by atoms with Crippen molar-refractivity contribution in [2.75, 3.05) is 6.61 Å². The predicted molar refractivity (Wildman–Crippen MR) is 88.3 cm³/mol. The smallest absolute Gasteiger partial charge is 0.246 e. The monoisotopic (exact) mass is 313 g/mol. The highest BCUT2D eigenvalue weighted by Gasteiger charge is 2.17. The Labute approximate surface area is 136 Å². The molecule has 0 saturated heterocycles. The van der Waals surface area contributed by atoms with E-state index in [0.717, 1.165) is 24.1 Å². The van der Waals surface area contributed by atoms with Gasteiger partial charge < -0.3 is 10.1 Å². The van der Waals surface area contributed by atoms with Crippen LogP contribution in [0.15, 0.2) is 42.7 Å². The van der Waals surface area contributed by atoms with Crippen molar-refractivity contribution in [1.29, 1.82) is 0 Å². The lowest BCUT2D eigenvalue weighted by atomic mass is 10.1. The van der Waals surface area contributed by atoms with Crippen LogP contribution >= 0.6 is 0 Å². The van der Waals surface area contributed by atoms with Crippen LogP contribution in [-0.2, 0) is 9.53 Å². The van der Waals surface area contributed by atoms with Gasteiger partial charge in [0.15, 0.2) is 0 Å². The molecule has 5 nitrogen and oxygen atoms in total. The molecule has 122 valence electrons. The molecule has 3 rings (SSSR count). The third kappa shape index (κ3) is 4.20. The Bertz CT molecular complexity index is 633. The van der Waals surface area contributed by atoms with Crippen molar-refractivity contribution in [1.82, 2.24) is 15.1 Å². The first kappa shape index (κ1) is 15.7. The lowest BCUT2D eigenvalue weighted by Crippen LogP contribution is -2.31. The van der Waals surface area contributed by atoms with Crippen molar-refractivity contribution in [3.05, 3.63) is 48.3 Å². The number of nitrogens with zero attached hydrogens (tertiary/aromatic N) is 2. The number of hydrogen-bond donors (Lipinski definition) is 1. The molecule has 0 bridgehead atoms. The highest BCUT2D eigenvalue weighted by Crippen LogP contribution is 2.21. The average Bonchev–Trinajstić information content (AvgIpc) is 3.26. The minimum atomic E-state index is -0.0646. The van der Waals surface area contributed by atoms with E-state index in [1.807, 2.05) is 43.5 Å². The minimum absolute atomic E-state index is 0.0612.